The standard InChI is InChI=1S/C20H24N6O/c1-13(2)12-22-19-15-7-6-14(11-16(15)24-20(21)25-19)17-8-9-23-26(17)18-5-3-4-10-27-18/h6-9,11,18H,1,3-5,10,12H2,2H3,(H3,21,22,24,25). The van der Waals surface area contributed by atoms with E-state index in [0.29, 0.717) is 6.54 Å². The average Bonchev–Trinajstić information content (AvgIpc) is 3.16. The first kappa shape index (κ1) is 17.5. The van der Waals surface area contributed by atoms with Crippen molar-refractivity contribution in [3.8, 4) is 11.3 Å². The predicted octanol–water partition coefficient (Wildman–Crippen LogP) is 3.76. The number of benzene rings is 1. The largest absolute Gasteiger partial charge is 0.368 e. The molecule has 27 heavy (non-hydrogen) atoms. The molecule has 3 N–H and O–H groups in total. The summed E-state index contributed by atoms with van der Waals surface area (Å²) in [5.41, 5.74) is 9.78. The van der Waals surface area contributed by atoms with Crippen LogP contribution in [0.2, 0.25) is 0 Å². The summed E-state index contributed by atoms with van der Waals surface area (Å²) in [5, 5.41) is 8.69. The molecule has 1 aliphatic rings. The van der Waals surface area contributed by atoms with Gasteiger partial charge in [0.15, 0.2) is 6.23 Å². The molecule has 0 spiro atoms. The first-order valence-electron chi connectivity index (χ1n) is 9.23. The van der Waals surface area contributed by atoms with Crippen LogP contribution in [0, 0.1) is 0 Å². The van der Waals surface area contributed by atoms with Gasteiger partial charge < -0.3 is 15.8 Å². The zero-order valence-electron chi connectivity index (χ0n) is 15.5. The van der Waals surface area contributed by atoms with Gasteiger partial charge in [-0.3, -0.25) is 0 Å². The van der Waals surface area contributed by atoms with Crippen LogP contribution in [0.4, 0.5) is 11.8 Å². The van der Waals surface area contributed by atoms with Gasteiger partial charge in [-0.15, -0.1) is 0 Å². The summed E-state index contributed by atoms with van der Waals surface area (Å²) in [7, 11) is 0. The van der Waals surface area contributed by atoms with E-state index in [1.807, 2.05) is 36.0 Å². The highest BCUT2D eigenvalue weighted by molar-refractivity contribution is 5.92. The maximum absolute atomic E-state index is 5.92. The fourth-order valence-electron chi connectivity index (χ4n) is 3.37. The van der Waals surface area contributed by atoms with E-state index in [-0.39, 0.29) is 12.2 Å². The van der Waals surface area contributed by atoms with E-state index in [0.717, 1.165) is 59.4 Å². The lowest BCUT2D eigenvalue weighted by Gasteiger charge is -2.24. The second-order valence-corrected chi connectivity index (χ2v) is 6.96. The van der Waals surface area contributed by atoms with Crippen molar-refractivity contribution in [1.82, 2.24) is 19.7 Å². The lowest BCUT2D eigenvalue weighted by atomic mass is 10.1. The molecule has 1 unspecified atom stereocenters. The monoisotopic (exact) mass is 364 g/mol. The Hall–Kier alpha value is -2.93. The number of fused-ring (bicyclic) bond motifs is 1. The molecule has 0 amide bonds. The number of anilines is 2. The summed E-state index contributed by atoms with van der Waals surface area (Å²) < 4.78 is 7.86. The van der Waals surface area contributed by atoms with Gasteiger partial charge in [0.05, 0.1) is 11.2 Å². The predicted molar refractivity (Wildman–Crippen MR) is 107 cm³/mol. The van der Waals surface area contributed by atoms with E-state index < -0.39 is 0 Å². The minimum Gasteiger partial charge on any atom is -0.368 e. The fraction of sp³-hybridized carbons (Fsp3) is 0.350. The minimum atomic E-state index is -0.0114. The number of nitrogen functional groups attached to an aromatic ring is 1. The molecule has 1 fully saturated rings. The van der Waals surface area contributed by atoms with Crippen LogP contribution in [-0.4, -0.2) is 32.9 Å². The number of nitrogens with zero attached hydrogens (tertiary/aromatic N) is 4. The highest BCUT2D eigenvalue weighted by Gasteiger charge is 2.20. The number of hydrogen-bond acceptors (Lipinski definition) is 6. The second kappa shape index (κ2) is 7.36. The van der Waals surface area contributed by atoms with Gasteiger partial charge in [-0.1, -0.05) is 18.2 Å². The first-order chi connectivity index (χ1) is 13.1. The Labute approximate surface area is 158 Å². The Kier molecular flexibility index (Phi) is 4.77. The zero-order chi connectivity index (χ0) is 18.8. The molecule has 0 saturated carbocycles. The van der Waals surface area contributed by atoms with E-state index in [4.69, 9.17) is 10.5 Å². The van der Waals surface area contributed by atoms with Crippen LogP contribution in [0.3, 0.4) is 0 Å². The van der Waals surface area contributed by atoms with Crippen LogP contribution in [0.1, 0.15) is 32.4 Å². The number of ether oxygens (including phenoxy) is 1. The highest BCUT2D eigenvalue weighted by Crippen LogP contribution is 2.31. The first-order valence-corrected chi connectivity index (χ1v) is 9.23. The van der Waals surface area contributed by atoms with Crippen molar-refractivity contribution < 1.29 is 4.74 Å². The van der Waals surface area contributed by atoms with Crippen molar-refractivity contribution in [2.24, 2.45) is 0 Å². The van der Waals surface area contributed by atoms with Crippen LogP contribution >= 0.6 is 0 Å². The fourth-order valence-corrected chi connectivity index (χ4v) is 3.37. The molecule has 0 radical (unpaired) electrons. The average molecular weight is 364 g/mol. The van der Waals surface area contributed by atoms with E-state index in [9.17, 15) is 0 Å². The number of hydrogen-bond donors (Lipinski definition) is 2. The van der Waals surface area contributed by atoms with Gasteiger partial charge in [0, 0.05) is 30.3 Å². The molecule has 1 aromatic carbocycles. The molecule has 3 heterocycles. The van der Waals surface area contributed by atoms with Crippen molar-refractivity contribution in [2.45, 2.75) is 32.4 Å². The van der Waals surface area contributed by atoms with Gasteiger partial charge in [0.25, 0.3) is 0 Å². The zero-order valence-corrected chi connectivity index (χ0v) is 15.5. The normalized spacial score (nSPS) is 17.1. The molecule has 1 aliphatic heterocycles. The number of nitrogens with two attached hydrogens (primary N) is 1. The summed E-state index contributed by atoms with van der Waals surface area (Å²) >= 11 is 0. The van der Waals surface area contributed by atoms with Crippen LogP contribution in [0.25, 0.3) is 22.2 Å². The molecule has 1 atom stereocenters. The van der Waals surface area contributed by atoms with Crippen molar-refractivity contribution in [1.29, 1.82) is 0 Å². The number of rotatable bonds is 5. The van der Waals surface area contributed by atoms with Gasteiger partial charge in [-0.2, -0.15) is 10.1 Å². The smallest absolute Gasteiger partial charge is 0.222 e. The van der Waals surface area contributed by atoms with Crippen LogP contribution in [0.5, 0.6) is 0 Å². The lowest BCUT2D eigenvalue weighted by Crippen LogP contribution is -2.19. The lowest BCUT2D eigenvalue weighted by molar-refractivity contribution is -0.0383. The molecular weight excluding hydrogens is 340 g/mol. The van der Waals surface area contributed by atoms with Crippen LogP contribution < -0.4 is 11.1 Å². The second-order valence-electron chi connectivity index (χ2n) is 6.96. The molecular formula is C20H24N6O. The summed E-state index contributed by atoms with van der Waals surface area (Å²) in [6, 6.07) is 8.10. The van der Waals surface area contributed by atoms with Gasteiger partial charge in [-0.05, 0) is 44.4 Å². The number of aromatic nitrogens is 4. The quantitative estimate of drug-likeness (QED) is 0.670. The van der Waals surface area contributed by atoms with E-state index in [1.54, 1.807) is 0 Å². The van der Waals surface area contributed by atoms with Crippen molar-refractivity contribution in [3.63, 3.8) is 0 Å². The molecule has 2 aromatic heterocycles. The summed E-state index contributed by atoms with van der Waals surface area (Å²) in [4.78, 5) is 8.75. The third-order valence-electron chi connectivity index (χ3n) is 4.67. The third kappa shape index (κ3) is 3.64. The SMILES string of the molecule is C=C(C)CNc1nc(N)nc2cc(-c3ccnn3C3CCCCO3)ccc12. The maximum atomic E-state index is 5.92. The Morgan fingerprint density at radius 1 is 1.33 bits per heavy atom. The molecule has 4 rings (SSSR count). The molecule has 7 nitrogen and oxygen atoms in total. The van der Waals surface area contributed by atoms with Gasteiger partial charge >= 0.3 is 0 Å². The van der Waals surface area contributed by atoms with E-state index >= 15 is 0 Å². The van der Waals surface area contributed by atoms with Crippen LogP contribution in [-0.2, 0) is 4.74 Å². The molecule has 0 aliphatic carbocycles. The number of nitrogens with one attached hydrogen (secondary N) is 1. The minimum absolute atomic E-state index is 0.0114. The Morgan fingerprint density at radius 2 is 2.22 bits per heavy atom. The van der Waals surface area contributed by atoms with Crippen molar-refractivity contribution in [2.75, 3.05) is 24.2 Å². The molecule has 0 bridgehead atoms. The summed E-state index contributed by atoms with van der Waals surface area (Å²) in [6.07, 6.45) is 5.04. The topological polar surface area (TPSA) is 90.9 Å². The molecule has 3 aromatic rings. The van der Waals surface area contributed by atoms with Crippen LogP contribution in [0.15, 0.2) is 42.6 Å². The van der Waals surface area contributed by atoms with E-state index in [2.05, 4.69) is 33.0 Å². The maximum Gasteiger partial charge on any atom is 0.222 e. The Bertz CT molecular complexity index is 974. The van der Waals surface area contributed by atoms with Gasteiger partial charge in [0.1, 0.15) is 5.82 Å². The van der Waals surface area contributed by atoms with Crippen molar-refractivity contribution in [3.05, 3.63) is 42.6 Å². The van der Waals surface area contributed by atoms with Crippen molar-refractivity contribution >= 4 is 22.7 Å². The summed E-state index contributed by atoms with van der Waals surface area (Å²) in [6.45, 7) is 7.30. The Balaban J connectivity index is 1.72. The molecule has 1 saturated heterocycles. The summed E-state index contributed by atoms with van der Waals surface area (Å²) in [5.74, 6) is 0.962. The van der Waals surface area contributed by atoms with Gasteiger partial charge in [0.2, 0.25) is 5.95 Å². The third-order valence-corrected chi connectivity index (χ3v) is 4.67. The molecule has 7 heteroatoms. The highest BCUT2D eigenvalue weighted by atomic mass is 16.5. The van der Waals surface area contributed by atoms with Gasteiger partial charge in [-0.25, -0.2) is 9.67 Å². The molecule has 140 valence electrons. The van der Waals surface area contributed by atoms with E-state index in [1.165, 1.54) is 0 Å². The Morgan fingerprint density at radius 3 is 3.00 bits per heavy atom.